The number of nitrogens with zero attached hydrogens (tertiary/aromatic N) is 2. The number of carbonyl (C=O) groups is 1. The van der Waals surface area contributed by atoms with Crippen LogP contribution in [0.1, 0.15) is 16.1 Å². The van der Waals surface area contributed by atoms with Gasteiger partial charge in [0.05, 0.1) is 5.52 Å². The molecule has 0 saturated heterocycles. The van der Waals surface area contributed by atoms with Crippen molar-refractivity contribution in [2.24, 2.45) is 0 Å². The van der Waals surface area contributed by atoms with Gasteiger partial charge in [-0.05, 0) is 28.3 Å². The van der Waals surface area contributed by atoms with Gasteiger partial charge in [0.15, 0.2) is 0 Å². The SMILES string of the molecule is O=C(c1cccc2ccccc12)c1nccc2c1cnc1ccccc12. The van der Waals surface area contributed by atoms with Crippen molar-refractivity contribution in [3.8, 4) is 0 Å². The number of rotatable bonds is 2. The summed E-state index contributed by atoms with van der Waals surface area (Å²) in [5, 5.41) is 4.78. The Hall–Kier alpha value is -3.59. The quantitative estimate of drug-likeness (QED) is 0.330. The fourth-order valence-corrected chi connectivity index (χ4v) is 3.52. The number of ketones is 1. The van der Waals surface area contributed by atoms with E-state index in [-0.39, 0.29) is 5.78 Å². The van der Waals surface area contributed by atoms with Crippen LogP contribution < -0.4 is 0 Å². The van der Waals surface area contributed by atoms with Crippen LogP contribution in [0.25, 0.3) is 32.4 Å². The molecule has 2 aromatic heterocycles. The molecule has 0 aliphatic carbocycles. The maximum atomic E-state index is 13.3. The number of carbonyl (C=O) groups excluding carboxylic acids is 1. The van der Waals surface area contributed by atoms with E-state index in [1.165, 1.54) is 0 Å². The van der Waals surface area contributed by atoms with Crippen LogP contribution in [0, 0.1) is 0 Å². The number of aromatic nitrogens is 2. The fraction of sp³-hybridized carbons (Fsp3) is 0. The smallest absolute Gasteiger partial charge is 0.212 e. The molecule has 0 N–H and O–H groups in total. The number of pyridine rings is 2. The Morgan fingerprint density at radius 3 is 2.35 bits per heavy atom. The van der Waals surface area contributed by atoms with Gasteiger partial charge in [-0.1, -0.05) is 60.7 Å². The minimum atomic E-state index is -0.0792. The summed E-state index contributed by atoms with van der Waals surface area (Å²) in [7, 11) is 0. The minimum absolute atomic E-state index is 0.0792. The summed E-state index contributed by atoms with van der Waals surface area (Å²) in [5.41, 5.74) is 2.02. The lowest BCUT2D eigenvalue weighted by atomic mass is 9.97. The van der Waals surface area contributed by atoms with Gasteiger partial charge in [-0.25, -0.2) is 0 Å². The topological polar surface area (TPSA) is 42.9 Å². The largest absolute Gasteiger partial charge is 0.287 e. The normalized spacial score (nSPS) is 11.2. The summed E-state index contributed by atoms with van der Waals surface area (Å²) in [5.74, 6) is -0.0792. The van der Waals surface area contributed by atoms with Crippen molar-refractivity contribution in [3.63, 3.8) is 0 Å². The van der Waals surface area contributed by atoms with E-state index in [2.05, 4.69) is 9.97 Å². The van der Waals surface area contributed by atoms with E-state index in [1.807, 2.05) is 72.8 Å². The van der Waals surface area contributed by atoms with Gasteiger partial charge in [-0.2, -0.15) is 0 Å². The second-order valence-corrected chi connectivity index (χ2v) is 6.25. The van der Waals surface area contributed by atoms with Gasteiger partial charge in [0, 0.05) is 28.7 Å². The number of hydrogen-bond acceptors (Lipinski definition) is 3. The molecule has 0 radical (unpaired) electrons. The molecule has 3 nitrogen and oxygen atoms in total. The van der Waals surface area contributed by atoms with Gasteiger partial charge < -0.3 is 0 Å². The Labute approximate surface area is 149 Å². The average molecular weight is 334 g/mol. The maximum Gasteiger partial charge on any atom is 0.212 e. The predicted octanol–water partition coefficient (Wildman–Crippen LogP) is 5.17. The van der Waals surface area contributed by atoms with Gasteiger partial charge >= 0.3 is 0 Å². The third-order valence-corrected chi connectivity index (χ3v) is 4.77. The molecule has 26 heavy (non-hydrogen) atoms. The number of benzene rings is 3. The standard InChI is InChI=1S/C23H14N2O/c26-23(19-10-5-7-15-6-1-2-8-16(15)19)22-20-14-25-21-11-4-3-9-18(21)17(20)12-13-24-22/h1-14H. The van der Waals surface area contributed by atoms with Crippen LogP contribution in [0.4, 0.5) is 0 Å². The van der Waals surface area contributed by atoms with Gasteiger partial charge in [0.2, 0.25) is 5.78 Å². The number of hydrogen-bond donors (Lipinski definition) is 0. The van der Waals surface area contributed by atoms with Crippen molar-refractivity contribution in [1.29, 1.82) is 0 Å². The molecule has 0 unspecified atom stereocenters. The molecule has 3 aromatic carbocycles. The lowest BCUT2D eigenvalue weighted by molar-refractivity contribution is 0.103. The van der Waals surface area contributed by atoms with Crippen molar-refractivity contribution in [3.05, 3.63) is 96.4 Å². The van der Waals surface area contributed by atoms with E-state index >= 15 is 0 Å². The van der Waals surface area contributed by atoms with Crippen LogP contribution >= 0.6 is 0 Å². The van der Waals surface area contributed by atoms with Crippen LogP contribution in [0.15, 0.2) is 85.2 Å². The van der Waals surface area contributed by atoms with Crippen molar-refractivity contribution in [1.82, 2.24) is 9.97 Å². The van der Waals surface area contributed by atoms with Gasteiger partial charge in [0.25, 0.3) is 0 Å². The summed E-state index contributed by atoms with van der Waals surface area (Å²) < 4.78 is 0. The van der Waals surface area contributed by atoms with Crippen LogP contribution in [0.5, 0.6) is 0 Å². The van der Waals surface area contributed by atoms with Crippen molar-refractivity contribution < 1.29 is 4.79 Å². The monoisotopic (exact) mass is 334 g/mol. The summed E-state index contributed by atoms with van der Waals surface area (Å²) in [6.45, 7) is 0. The molecule has 0 amide bonds. The Bertz CT molecular complexity index is 1300. The van der Waals surface area contributed by atoms with Gasteiger partial charge in [-0.3, -0.25) is 14.8 Å². The average Bonchev–Trinajstić information content (AvgIpc) is 2.72. The van der Waals surface area contributed by atoms with E-state index < -0.39 is 0 Å². The third kappa shape index (κ3) is 2.18. The summed E-state index contributed by atoms with van der Waals surface area (Å²) in [4.78, 5) is 22.2. The zero-order valence-corrected chi connectivity index (χ0v) is 13.9. The Morgan fingerprint density at radius 2 is 1.42 bits per heavy atom. The van der Waals surface area contributed by atoms with E-state index in [0.717, 1.165) is 32.4 Å². The molecule has 2 heterocycles. The zero-order chi connectivity index (χ0) is 17.5. The molecule has 0 aliphatic rings. The van der Waals surface area contributed by atoms with Crippen LogP contribution in [0.3, 0.4) is 0 Å². The van der Waals surface area contributed by atoms with Crippen molar-refractivity contribution >= 4 is 38.2 Å². The highest BCUT2D eigenvalue weighted by atomic mass is 16.1. The maximum absolute atomic E-state index is 13.3. The fourth-order valence-electron chi connectivity index (χ4n) is 3.52. The molecule has 5 rings (SSSR count). The first-order valence-corrected chi connectivity index (χ1v) is 8.48. The molecule has 0 saturated carbocycles. The summed E-state index contributed by atoms with van der Waals surface area (Å²) in [6.07, 6.45) is 3.45. The molecule has 0 atom stereocenters. The highest BCUT2D eigenvalue weighted by molar-refractivity contribution is 6.22. The first-order valence-electron chi connectivity index (χ1n) is 8.48. The van der Waals surface area contributed by atoms with E-state index in [1.54, 1.807) is 12.4 Å². The van der Waals surface area contributed by atoms with Crippen molar-refractivity contribution in [2.45, 2.75) is 0 Å². The van der Waals surface area contributed by atoms with Gasteiger partial charge in [0.1, 0.15) is 5.69 Å². The second kappa shape index (κ2) is 5.74. The lowest BCUT2D eigenvalue weighted by Gasteiger charge is -2.09. The molecule has 5 aromatic rings. The first kappa shape index (κ1) is 14.7. The number of fused-ring (bicyclic) bond motifs is 4. The molecular weight excluding hydrogens is 320 g/mol. The molecule has 3 heteroatoms. The summed E-state index contributed by atoms with van der Waals surface area (Å²) >= 11 is 0. The Kier molecular flexibility index (Phi) is 3.25. The Morgan fingerprint density at radius 1 is 0.654 bits per heavy atom. The van der Waals surface area contributed by atoms with Crippen molar-refractivity contribution in [2.75, 3.05) is 0 Å². The van der Waals surface area contributed by atoms with E-state index in [0.29, 0.717) is 11.3 Å². The zero-order valence-electron chi connectivity index (χ0n) is 13.9. The molecule has 0 bridgehead atoms. The third-order valence-electron chi connectivity index (χ3n) is 4.77. The molecule has 0 fully saturated rings. The summed E-state index contributed by atoms with van der Waals surface area (Å²) in [6, 6.07) is 23.6. The lowest BCUT2D eigenvalue weighted by Crippen LogP contribution is -2.06. The molecule has 122 valence electrons. The van der Waals surface area contributed by atoms with E-state index in [4.69, 9.17) is 0 Å². The van der Waals surface area contributed by atoms with Crippen LogP contribution in [-0.4, -0.2) is 15.8 Å². The molecular formula is C23H14N2O. The first-order chi connectivity index (χ1) is 12.8. The van der Waals surface area contributed by atoms with E-state index in [9.17, 15) is 4.79 Å². The second-order valence-electron chi connectivity index (χ2n) is 6.25. The van der Waals surface area contributed by atoms with Gasteiger partial charge in [-0.15, -0.1) is 0 Å². The molecule has 0 spiro atoms. The minimum Gasteiger partial charge on any atom is -0.287 e. The van der Waals surface area contributed by atoms with Crippen LogP contribution in [0.2, 0.25) is 0 Å². The Balaban J connectivity index is 1.79. The highest BCUT2D eigenvalue weighted by Gasteiger charge is 2.17. The molecule has 0 aliphatic heterocycles. The predicted molar refractivity (Wildman–Crippen MR) is 104 cm³/mol. The van der Waals surface area contributed by atoms with Crippen LogP contribution in [-0.2, 0) is 0 Å². The number of para-hydroxylation sites is 1. The highest BCUT2D eigenvalue weighted by Crippen LogP contribution is 2.27.